The minimum absolute atomic E-state index is 0.000314. The molecule has 1 fully saturated rings. The van der Waals surface area contributed by atoms with Gasteiger partial charge in [-0.25, -0.2) is 4.98 Å². The molecule has 0 spiro atoms. The fourth-order valence-electron chi connectivity index (χ4n) is 4.46. The molecule has 1 unspecified atom stereocenters. The highest BCUT2D eigenvalue weighted by Gasteiger charge is 2.35. The van der Waals surface area contributed by atoms with Crippen LogP contribution in [0.1, 0.15) is 63.5 Å². The molecule has 28 heavy (non-hydrogen) atoms. The van der Waals surface area contributed by atoms with Crippen LogP contribution in [0.25, 0.3) is 22.4 Å². The van der Waals surface area contributed by atoms with Gasteiger partial charge < -0.3 is 10.3 Å². The minimum Gasteiger partial charge on any atom is -0.341 e. The standard InChI is InChI=1S/C22H22BrN3.C2H6/c1-22(2)17-10-13(20-12-25-21(26-20)19-4-3-9-24-19)5-7-15(17)16-8-6-14(23)11-18(16)22;1-2/h5-8,10-12,19,24H,3-4,9H2,1-2H3,(H,25,26);1-2H3. The number of nitrogens with zero attached hydrogens (tertiary/aromatic N) is 1. The molecule has 5 rings (SSSR count). The summed E-state index contributed by atoms with van der Waals surface area (Å²) in [6.07, 6.45) is 4.36. The van der Waals surface area contributed by atoms with Gasteiger partial charge in [0, 0.05) is 9.89 Å². The third-order valence-electron chi connectivity index (χ3n) is 5.93. The predicted octanol–water partition coefficient (Wildman–Crippen LogP) is 6.60. The van der Waals surface area contributed by atoms with Crippen LogP contribution < -0.4 is 5.32 Å². The van der Waals surface area contributed by atoms with Crippen molar-refractivity contribution in [3.8, 4) is 22.4 Å². The smallest absolute Gasteiger partial charge is 0.123 e. The summed E-state index contributed by atoms with van der Waals surface area (Å²) in [6.45, 7) is 9.71. The summed E-state index contributed by atoms with van der Waals surface area (Å²) in [7, 11) is 0. The van der Waals surface area contributed by atoms with Crippen LogP contribution in [0.15, 0.2) is 47.1 Å². The molecule has 2 heterocycles. The van der Waals surface area contributed by atoms with Crippen molar-refractivity contribution in [2.45, 2.75) is 52.0 Å². The number of rotatable bonds is 2. The lowest BCUT2D eigenvalue weighted by Gasteiger charge is -2.22. The van der Waals surface area contributed by atoms with Crippen molar-refractivity contribution in [3.63, 3.8) is 0 Å². The molecule has 1 aliphatic heterocycles. The van der Waals surface area contributed by atoms with Crippen molar-refractivity contribution in [2.75, 3.05) is 6.54 Å². The summed E-state index contributed by atoms with van der Waals surface area (Å²) in [5.41, 5.74) is 7.78. The van der Waals surface area contributed by atoms with Gasteiger partial charge in [0.15, 0.2) is 0 Å². The second-order valence-electron chi connectivity index (χ2n) is 7.91. The summed E-state index contributed by atoms with van der Waals surface area (Å²) in [5.74, 6) is 1.06. The summed E-state index contributed by atoms with van der Waals surface area (Å²) in [5, 5.41) is 3.51. The Morgan fingerprint density at radius 3 is 2.46 bits per heavy atom. The fourth-order valence-corrected chi connectivity index (χ4v) is 4.82. The summed E-state index contributed by atoms with van der Waals surface area (Å²) in [4.78, 5) is 8.17. The van der Waals surface area contributed by atoms with Gasteiger partial charge in [-0.05, 0) is 65.4 Å². The van der Waals surface area contributed by atoms with E-state index in [1.54, 1.807) is 0 Å². The van der Waals surface area contributed by atoms with Gasteiger partial charge in [-0.2, -0.15) is 0 Å². The quantitative estimate of drug-likeness (QED) is 0.474. The van der Waals surface area contributed by atoms with E-state index < -0.39 is 0 Å². The molecule has 1 saturated heterocycles. The van der Waals surface area contributed by atoms with Gasteiger partial charge in [-0.3, -0.25) is 0 Å². The molecule has 2 aliphatic rings. The molecular weight excluding hydrogens is 410 g/mol. The van der Waals surface area contributed by atoms with E-state index in [1.807, 2.05) is 20.0 Å². The largest absolute Gasteiger partial charge is 0.341 e. The Hall–Kier alpha value is -1.91. The molecule has 2 N–H and O–H groups in total. The van der Waals surface area contributed by atoms with Crippen LogP contribution in [-0.4, -0.2) is 16.5 Å². The maximum atomic E-state index is 4.63. The zero-order valence-corrected chi connectivity index (χ0v) is 18.7. The Kier molecular flexibility index (Phi) is 5.19. The number of H-pyrrole nitrogens is 1. The third kappa shape index (κ3) is 3.13. The molecule has 1 aromatic heterocycles. The SMILES string of the molecule is CC.CC1(C)c2cc(Br)ccc2-c2ccc(-c3cnc(C4CCCN4)[nH]3)cc21. The molecule has 146 valence electrons. The van der Waals surface area contributed by atoms with Crippen molar-refractivity contribution in [3.05, 3.63) is 64.0 Å². The topological polar surface area (TPSA) is 40.7 Å². The minimum atomic E-state index is 0.000314. The Morgan fingerprint density at radius 2 is 1.75 bits per heavy atom. The van der Waals surface area contributed by atoms with E-state index in [2.05, 4.69) is 81.5 Å². The lowest BCUT2D eigenvalue weighted by Crippen LogP contribution is -2.15. The summed E-state index contributed by atoms with van der Waals surface area (Å²) < 4.78 is 1.14. The molecular formula is C24H28BrN3. The van der Waals surface area contributed by atoms with Crippen molar-refractivity contribution in [1.82, 2.24) is 15.3 Å². The number of hydrogen-bond acceptors (Lipinski definition) is 2. The zero-order valence-electron chi connectivity index (χ0n) is 17.1. The van der Waals surface area contributed by atoms with E-state index >= 15 is 0 Å². The molecule has 3 aromatic rings. The number of imidazole rings is 1. The Labute approximate surface area is 176 Å². The van der Waals surface area contributed by atoms with E-state index in [0.717, 1.165) is 29.0 Å². The van der Waals surface area contributed by atoms with Crippen molar-refractivity contribution in [1.29, 1.82) is 0 Å². The van der Waals surface area contributed by atoms with Crippen LogP contribution in [0, 0.1) is 0 Å². The summed E-state index contributed by atoms with van der Waals surface area (Å²) >= 11 is 3.63. The van der Waals surface area contributed by atoms with Gasteiger partial charge in [-0.1, -0.05) is 61.8 Å². The Bertz CT molecular complexity index is 997. The lowest BCUT2D eigenvalue weighted by molar-refractivity contribution is 0.613. The monoisotopic (exact) mass is 437 g/mol. The van der Waals surface area contributed by atoms with E-state index in [-0.39, 0.29) is 5.41 Å². The first kappa shape index (κ1) is 19.4. The van der Waals surface area contributed by atoms with Crippen LogP contribution in [-0.2, 0) is 5.41 Å². The van der Waals surface area contributed by atoms with Gasteiger partial charge in [-0.15, -0.1) is 0 Å². The number of benzene rings is 2. The van der Waals surface area contributed by atoms with Gasteiger partial charge >= 0.3 is 0 Å². The highest BCUT2D eigenvalue weighted by atomic mass is 79.9. The van der Waals surface area contributed by atoms with E-state index in [9.17, 15) is 0 Å². The highest BCUT2D eigenvalue weighted by Crippen LogP contribution is 2.50. The third-order valence-corrected chi connectivity index (χ3v) is 6.43. The molecule has 0 amide bonds. The zero-order chi connectivity index (χ0) is 19.9. The van der Waals surface area contributed by atoms with Gasteiger partial charge in [0.1, 0.15) is 5.82 Å². The van der Waals surface area contributed by atoms with E-state index in [4.69, 9.17) is 0 Å². The average molecular weight is 438 g/mol. The first-order chi connectivity index (χ1) is 13.5. The van der Waals surface area contributed by atoms with Crippen LogP contribution in [0.2, 0.25) is 0 Å². The van der Waals surface area contributed by atoms with Crippen molar-refractivity contribution in [2.24, 2.45) is 0 Å². The first-order valence-corrected chi connectivity index (χ1v) is 11.1. The second-order valence-corrected chi connectivity index (χ2v) is 8.82. The molecule has 0 bridgehead atoms. The van der Waals surface area contributed by atoms with E-state index in [1.165, 1.54) is 34.2 Å². The second kappa shape index (κ2) is 7.49. The van der Waals surface area contributed by atoms with Crippen LogP contribution in [0.3, 0.4) is 0 Å². The number of aromatic amines is 1. The number of hydrogen-bond donors (Lipinski definition) is 2. The number of fused-ring (bicyclic) bond motifs is 3. The molecule has 0 saturated carbocycles. The van der Waals surface area contributed by atoms with Crippen LogP contribution >= 0.6 is 15.9 Å². The lowest BCUT2D eigenvalue weighted by atomic mass is 9.82. The molecule has 2 aromatic carbocycles. The Balaban J connectivity index is 0.000000932. The predicted molar refractivity (Wildman–Crippen MR) is 121 cm³/mol. The molecule has 1 atom stereocenters. The van der Waals surface area contributed by atoms with Crippen molar-refractivity contribution >= 4 is 15.9 Å². The highest BCUT2D eigenvalue weighted by molar-refractivity contribution is 9.10. The van der Waals surface area contributed by atoms with Crippen molar-refractivity contribution < 1.29 is 0 Å². The maximum Gasteiger partial charge on any atom is 0.123 e. The van der Waals surface area contributed by atoms with Gasteiger partial charge in [0.05, 0.1) is 17.9 Å². The fraction of sp³-hybridized carbons (Fsp3) is 0.375. The number of nitrogens with one attached hydrogen (secondary N) is 2. The normalized spacial score (nSPS) is 19.0. The molecule has 0 radical (unpaired) electrons. The first-order valence-electron chi connectivity index (χ1n) is 10.3. The molecule has 3 nitrogen and oxygen atoms in total. The van der Waals surface area contributed by atoms with Crippen LogP contribution in [0.5, 0.6) is 0 Å². The molecule has 4 heteroatoms. The van der Waals surface area contributed by atoms with Gasteiger partial charge in [0.2, 0.25) is 0 Å². The number of aromatic nitrogens is 2. The molecule has 1 aliphatic carbocycles. The average Bonchev–Trinajstić information content (AvgIpc) is 3.44. The Morgan fingerprint density at radius 1 is 1.04 bits per heavy atom. The van der Waals surface area contributed by atoms with Crippen LogP contribution in [0.4, 0.5) is 0 Å². The summed E-state index contributed by atoms with van der Waals surface area (Å²) in [6, 6.07) is 13.8. The maximum absolute atomic E-state index is 4.63. The van der Waals surface area contributed by atoms with Gasteiger partial charge in [0.25, 0.3) is 0 Å². The number of halogens is 1. The van der Waals surface area contributed by atoms with E-state index in [0.29, 0.717) is 6.04 Å².